The van der Waals surface area contributed by atoms with Gasteiger partial charge in [-0.3, -0.25) is 14.4 Å². The fourth-order valence-electron chi connectivity index (χ4n) is 6.61. The highest BCUT2D eigenvalue weighted by Gasteiger charge is 2.54. The number of primary amides is 1. The van der Waals surface area contributed by atoms with E-state index >= 15 is 0 Å². The maximum absolute atomic E-state index is 13.6. The lowest BCUT2D eigenvalue weighted by Gasteiger charge is -2.45. The first-order valence-corrected chi connectivity index (χ1v) is 11.7. The van der Waals surface area contributed by atoms with E-state index in [9.17, 15) is 29.7 Å². The molecule has 0 aromatic heterocycles. The molecule has 5 rings (SSSR count). The van der Waals surface area contributed by atoms with Crippen molar-refractivity contribution in [2.45, 2.75) is 31.3 Å². The number of carbonyl (C=O) groups is 3. The number of aromatic hydroxyl groups is 1. The summed E-state index contributed by atoms with van der Waals surface area (Å²) in [4.78, 5) is 42.6. The lowest BCUT2D eigenvalue weighted by Crippen LogP contribution is -2.54. The number of benzene rings is 1. The van der Waals surface area contributed by atoms with Gasteiger partial charge in [-0.25, -0.2) is 0 Å². The first-order valence-electron chi connectivity index (χ1n) is 11.7. The van der Waals surface area contributed by atoms with Gasteiger partial charge in [0.25, 0.3) is 5.91 Å². The zero-order valence-corrected chi connectivity index (χ0v) is 19.9. The van der Waals surface area contributed by atoms with E-state index in [2.05, 4.69) is 9.80 Å². The van der Waals surface area contributed by atoms with E-state index in [1.54, 1.807) is 6.07 Å². The smallest absolute Gasteiger partial charge is 0.255 e. The van der Waals surface area contributed by atoms with Crippen LogP contribution in [-0.2, 0) is 20.8 Å². The molecule has 0 bridgehead atoms. The molecule has 35 heavy (non-hydrogen) atoms. The van der Waals surface area contributed by atoms with Crippen molar-refractivity contribution in [2.75, 3.05) is 32.6 Å². The minimum atomic E-state index is -1.32. The lowest BCUT2D eigenvalue weighted by molar-refractivity contribution is -0.135. The Labute approximate surface area is 202 Å². The molecule has 10 heteroatoms. The summed E-state index contributed by atoms with van der Waals surface area (Å²) in [5.41, 5.74) is 13.7. The SMILES string of the molecule is CN1CCC(N(C)C)c2cc(O)c3c(c21)CC1CC2C(C(=O)C(C(N)=O)=C(O)[C@H]2N)C(=O)C1=C3O. The number of fused-ring (bicyclic) bond motifs is 5. The number of phenols is 1. The van der Waals surface area contributed by atoms with E-state index in [0.717, 1.165) is 29.8 Å². The summed E-state index contributed by atoms with van der Waals surface area (Å²) in [7, 11) is 5.92. The Kier molecular flexibility index (Phi) is 5.22. The Hall–Kier alpha value is -3.37. The monoisotopic (exact) mass is 482 g/mol. The zero-order valence-electron chi connectivity index (χ0n) is 19.9. The highest BCUT2D eigenvalue weighted by molar-refractivity contribution is 6.28. The molecular weight excluding hydrogens is 452 g/mol. The number of rotatable bonds is 2. The minimum absolute atomic E-state index is 0.0578. The summed E-state index contributed by atoms with van der Waals surface area (Å²) in [5, 5.41) is 32.7. The molecule has 1 aromatic carbocycles. The van der Waals surface area contributed by atoms with Crippen LogP contribution < -0.4 is 16.4 Å². The number of amides is 1. The molecule has 0 saturated heterocycles. The van der Waals surface area contributed by atoms with Gasteiger partial charge in [0.2, 0.25) is 0 Å². The fraction of sp³-hybridized carbons (Fsp3) is 0.480. The predicted octanol–water partition coefficient (Wildman–Crippen LogP) is 0.689. The van der Waals surface area contributed by atoms with Crippen molar-refractivity contribution in [1.29, 1.82) is 0 Å². The van der Waals surface area contributed by atoms with Crippen LogP contribution in [0, 0.1) is 17.8 Å². The number of anilines is 1. The molecule has 1 aromatic rings. The Bertz CT molecular complexity index is 1250. The van der Waals surface area contributed by atoms with Gasteiger partial charge < -0.3 is 36.6 Å². The summed E-state index contributed by atoms with van der Waals surface area (Å²) < 4.78 is 0. The molecule has 0 radical (unpaired) electrons. The van der Waals surface area contributed by atoms with Crippen LogP contribution in [0.3, 0.4) is 0 Å². The number of aliphatic hydroxyl groups excluding tert-OH is 2. The minimum Gasteiger partial charge on any atom is -0.510 e. The van der Waals surface area contributed by atoms with Gasteiger partial charge in [-0.05, 0) is 62.4 Å². The Morgan fingerprint density at radius 1 is 1.17 bits per heavy atom. The zero-order chi connectivity index (χ0) is 25.5. The Morgan fingerprint density at radius 3 is 2.49 bits per heavy atom. The number of hydrogen-bond donors (Lipinski definition) is 5. The largest absolute Gasteiger partial charge is 0.510 e. The number of Topliss-reactive ketones (excluding diaryl/α,β-unsaturated/α-hetero) is 2. The average Bonchev–Trinajstić information content (AvgIpc) is 2.76. The van der Waals surface area contributed by atoms with Crippen LogP contribution in [0.5, 0.6) is 5.75 Å². The van der Waals surface area contributed by atoms with Gasteiger partial charge in [-0.2, -0.15) is 0 Å². The molecule has 4 unspecified atom stereocenters. The van der Waals surface area contributed by atoms with E-state index in [4.69, 9.17) is 11.5 Å². The van der Waals surface area contributed by atoms with Crippen LogP contribution >= 0.6 is 0 Å². The predicted molar refractivity (Wildman–Crippen MR) is 128 cm³/mol. The number of carbonyl (C=O) groups excluding carboxylic acids is 3. The number of nitrogens with zero attached hydrogens (tertiary/aromatic N) is 2. The quantitative estimate of drug-likeness (QED) is 0.300. The molecule has 186 valence electrons. The van der Waals surface area contributed by atoms with E-state index in [1.165, 1.54) is 0 Å². The number of phenolic OH excluding ortho intramolecular Hbond substituents is 1. The van der Waals surface area contributed by atoms with Crippen molar-refractivity contribution in [2.24, 2.45) is 29.2 Å². The fourth-order valence-corrected chi connectivity index (χ4v) is 6.61. The molecule has 1 saturated carbocycles. The topological polar surface area (TPSA) is 170 Å². The molecule has 1 amide bonds. The summed E-state index contributed by atoms with van der Waals surface area (Å²) in [6.07, 6.45) is 1.49. The second-order valence-electron chi connectivity index (χ2n) is 10.3. The summed E-state index contributed by atoms with van der Waals surface area (Å²) in [6, 6.07) is 0.629. The average molecular weight is 483 g/mol. The van der Waals surface area contributed by atoms with Crippen LogP contribution in [0.15, 0.2) is 23.0 Å². The van der Waals surface area contributed by atoms with Gasteiger partial charge in [-0.1, -0.05) is 0 Å². The van der Waals surface area contributed by atoms with Crippen LogP contribution in [0.25, 0.3) is 5.76 Å². The van der Waals surface area contributed by atoms with Crippen LogP contribution in [0.4, 0.5) is 5.69 Å². The van der Waals surface area contributed by atoms with Gasteiger partial charge >= 0.3 is 0 Å². The van der Waals surface area contributed by atoms with Crippen molar-refractivity contribution >= 4 is 28.9 Å². The van der Waals surface area contributed by atoms with Gasteiger partial charge in [-0.15, -0.1) is 0 Å². The van der Waals surface area contributed by atoms with Crippen molar-refractivity contribution in [1.82, 2.24) is 4.90 Å². The number of aliphatic hydroxyl groups is 2. The van der Waals surface area contributed by atoms with Crippen molar-refractivity contribution < 1.29 is 29.7 Å². The third-order valence-electron chi connectivity index (χ3n) is 8.20. The normalized spacial score (nSPS) is 30.2. The molecule has 5 atom stereocenters. The third kappa shape index (κ3) is 3.13. The van der Waals surface area contributed by atoms with Crippen LogP contribution in [0.2, 0.25) is 0 Å². The number of ketones is 2. The molecule has 1 heterocycles. The third-order valence-corrected chi connectivity index (χ3v) is 8.20. The summed E-state index contributed by atoms with van der Waals surface area (Å²) in [6.45, 7) is 0.784. The standard InChI is InChI=1S/C25H30N4O6/c1-28(2)13-4-5-29(3)20-10(13)8-14(30)16-12(20)7-9-6-11-17(22(32)15(9)21(16)31)23(33)18(25(27)35)24(34)19(11)26/h8-9,11,13,17,19,30-31,34H,4-7,26H2,1-3H3,(H2,27,35)/t9?,11?,13?,17?,19-/m0/s1. The van der Waals surface area contributed by atoms with Crippen LogP contribution in [0.1, 0.15) is 35.6 Å². The highest BCUT2D eigenvalue weighted by atomic mass is 16.3. The Balaban J connectivity index is 1.68. The number of nitrogens with two attached hydrogens (primary N) is 2. The van der Waals surface area contributed by atoms with Crippen molar-refractivity contribution in [3.8, 4) is 5.75 Å². The van der Waals surface area contributed by atoms with Gasteiger partial charge in [0.15, 0.2) is 11.6 Å². The van der Waals surface area contributed by atoms with E-state index in [0.29, 0.717) is 6.42 Å². The van der Waals surface area contributed by atoms with Crippen molar-refractivity contribution in [3.63, 3.8) is 0 Å². The molecule has 4 aliphatic rings. The maximum Gasteiger partial charge on any atom is 0.255 e. The lowest BCUT2D eigenvalue weighted by atomic mass is 9.59. The first kappa shape index (κ1) is 23.4. The second-order valence-corrected chi connectivity index (χ2v) is 10.3. The summed E-state index contributed by atoms with van der Waals surface area (Å²) >= 11 is 0. The van der Waals surface area contributed by atoms with Gasteiger partial charge in [0.05, 0.1) is 17.5 Å². The van der Waals surface area contributed by atoms with E-state index in [1.807, 2.05) is 21.1 Å². The molecule has 7 N–H and O–H groups in total. The molecule has 0 spiro atoms. The molecule has 1 fully saturated rings. The van der Waals surface area contributed by atoms with E-state index in [-0.39, 0.29) is 35.1 Å². The maximum atomic E-state index is 13.6. The second kappa shape index (κ2) is 7.82. The Morgan fingerprint density at radius 2 is 1.86 bits per heavy atom. The van der Waals surface area contributed by atoms with Crippen LogP contribution in [-0.4, -0.2) is 71.4 Å². The van der Waals surface area contributed by atoms with Gasteiger partial charge in [0.1, 0.15) is 22.8 Å². The molecular formula is C25H30N4O6. The number of hydrogen-bond acceptors (Lipinski definition) is 9. The number of allylic oxidation sites excluding steroid dienone is 1. The summed E-state index contributed by atoms with van der Waals surface area (Å²) in [5.74, 6) is -6.24. The van der Waals surface area contributed by atoms with Crippen molar-refractivity contribution in [3.05, 3.63) is 39.7 Å². The first-order chi connectivity index (χ1) is 16.5. The molecule has 3 aliphatic carbocycles. The van der Waals surface area contributed by atoms with E-state index < -0.39 is 52.6 Å². The molecule has 1 aliphatic heterocycles. The molecule has 10 nitrogen and oxygen atoms in total. The highest BCUT2D eigenvalue weighted by Crippen LogP contribution is 2.53. The van der Waals surface area contributed by atoms with Gasteiger partial charge in [0, 0.05) is 30.9 Å².